The number of ether oxygens (including phenoxy) is 1. The van der Waals surface area contributed by atoms with Crippen molar-refractivity contribution in [2.45, 2.75) is 18.0 Å². The molecule has 0 radical (unpaired) electrons. The minimum absolute atomic E-state index is 0.0579. The fourth-order valence-corrected chi connectivity index (χ4v) is 3.39. The van der Waals surface area contributed by atoms with Gasteiger partial charge in [-0.3, -0.25) is 0 Å². The molecular weight excluding hydrogens is 454 g/mol. The van der Waals surface area contributed by atoms with Crippen LogP contribution in [0, 0.1) is 5.82 Å². The van der Waals surface area contributed by atoms with Crippen LogP contribution in [0.25, 0.3) is 0 Å². The maximum Gasteiger partial charge on any atom is 0.422 e. The van der Waals surface area contributed by atoms with Crippen LogP contribution < -0.4 is 15.4 Å². The monoisotopic (exact) mass is 471 g/mol. The van der Waals surface area contributed by atoms with E-state index in [0.717, 1.165) is 24.5 Å². The maximum atomic E-state index is 13.8. The standard InChI is InChI=1S/C19H17F4N5O3S/c1-2-32(29,30)12-5-6-15(31-10-19(21,22)23)14(8-12)27-16-9-17(26-11-25-16)28-18-13(20)4-3-7-24-18/h3-9,11H,2,10H2,1H3,(H2,24,25,26,27,28). The van der Waals surface area contributed by atoms with Gasteiger partial charge in [0.1, 0.15) is 23.7 Å². The van der Waals surface area contributed by atoms with Crippen molar-refractivity contribution in [2.24, 2.45) is 0 Å². The van der Waals surface area contributed by atoms with Gasteiger partial charge < -0.3 is 15.4 Å². The highest BCUT2D eigenvalue weighted by molar-refractivity contribution is 7.91. The molecule has 3 aromatic rings. The molecule has 0 aliphatic heterocycles. The van der Waals surface area contributed by atoms with Gasteiger partial charge in [-0.15, -0.1) is 0 Å². The van der Waals surface area contributed by atoms with Gasteiger partial charge in [0, 0.05) is 12.3 Å². The lowest BCUT2D eigenvalue weighted by Gasteiger charge is -2.16. The lowest BCUT2D eigenvalue weighted by molar-refractivity contribution is -0.153. The second-order valence-electron chi connectivity index (χ2n) is 6.34. The first-order valence-corrected chi connectivity index (χ1v) is 10.8. The Kier molecular flexibility index (Phi) is 6.77. The molecule has 0 unspecified atom stereocenters. The van der Waals surface area contributed by atoms with Crippen LogP contribution in [0.5, 0.6) is 5.75 Å². The number of pyridine rings is 1. The fourth-order valence-electron chi connectivity index (χ4n) is 2.48. The minimum atomic E-state index is -4.59. The van der Waals surface area contributed by atoms with Crippen molar-refractivity contribution in [1.29, 1.82) is 0 Å². The molecule has 0 bridgehead atoms. The highest BCUT2D eigenvalue weighted by atomic mass is 32.2. The summed E-state index contributed by atoms with van der Waals surface area (Å²) >= 11 is 0. The highest BCUT2D eigenvalue weighted by Gasteiger charge is 2.29. The number of sulfone groups is 1. The van der Waals surface area contributed by atoms with Crippen LogP contribution in [-0.2, 0) is 9.84 Å². The van der Waals surface area contributed by atoms with Crippen molar-refractivity contribution in [2.75, 3.05) is 23.0 Å². The van der Waals surface area contributed by atoms with Crippen LogP contribution in [-0.4, -0.2) is 41.9 Å². The van der Waals surface area contributed by atoms with E-state index in [2.05, 4.69) is 25.6 Å². The maximum absolute atomic E-state index is 13.8. The van der Waals surface area contributed by atoms with Crippen LogP contribution in [0.2, 0.25) is 0 Å². The average molecular weight is 471 g/mol. The zero-order chi connectivity index (χ0) is 23.4. The van der Waals surface area contributed by atoms with Gasteiger partial charge in [-0.25, -0.2) is 27.8 Å². The summed E-state index contributed by atoms with van der Waals surface area (Å²) < 4.78 is 80.8. The Morgan fingerprint density at radius 2 is 1.75 bits per heavy atom. The molecule has 0 amide bonds. The van der Waals surface area contributed by atoms with Gasteiger partial charge in [0.15, 0.2) is 28.1 Å². The van der Waals surface area contributed by atoms with Crippen molar-refractivity contribution in [3.8, 4) is 5.75 Å². The number of hydrogen-bond acceptors (Lipinski definition) is 8. The number of rotatable bonds is 8. The Morgan fingerprint density at radius 1 is 1.03 bits per heavy atom. The quantitative estimate of drug-likeness (QED) is 0.470. The molecule has 0 saturated carbocycles. The Morgan fingerprint density at radius 3 is 2.41 bits per heavy atom. The summed E-state index contributed by atoms with van der Waals surface area (Å²) in [5, 5.41) is 5.37. The van der Waals surface area contributed by atoms with Crippen LogP contribution in [0.4, 0.5) is 40.7 Å². The summed E-state index contributed by atoms with van der Waals surface area (Å²) in [4.78, 5) is 11.6. The molecule has 170 valence electrons. The molecule has 1 aromatic carbocycles. The van der Waals surface area contributed by atoms with E-state index in [1.807, 2.05) is 0 Å². The molecule has 0 aliphatic carbocycles. The van der Waals surface area contributed by atoms with Crippen molar-refractivity contribution in [3.05, 3.63) is 54.7 Å². The normalized spacial score (nSPS) is 11.8. The smallest absolute Gasteiger partial charge is 0.422 e. The number of nitrogens with one attached hydrogen (secondary N) is 2. The van der Waals surface area contributed by atoms with Gasteiger partial charge in [-0.1, -0.05) is 6.92 Å². The van der Waals surface area contributed by atoms with E-state index in [-0.39, 0.29) is 39.5 Å². The first-order valence-electron chi connectivity index (χ1n) is 9.10. The molecule has 2 N–H and O–H groups in total. The van der Waals surface area contributed by atoms with Gasteiger partial charge in [0.05, 0.1) is 16.3 Å². The predicted molar refractivity (Wildman–Crippen MR) is 109 cm³/mol. The predicted octanol–water partition coefficient (Wildman–Crippen LogP) is 4.23. The highest BCUT2D eigenvalue weighted by Crippen LogP contribution is 2.32. The second-order valence-corrected chi connectivity index (χ2v) is 8.62. The molecule has 2 heterocycles. The third-order valence-corrected chi connectivity index (χ3v) is 5.75. The van der Waals surface area contributed by atoms with Gasteiger partial charge >= 0.3 is 6.18 Å². The van der Waals surface area contributed by atoms with Crippen LogP contribution in [0.3, 0.4) is 0 Å². The minimum Gasteiger partial charge on any atom is -0.482 e. The molecule has 8 nitrogen and oxygen atoms in total. The van der Waals surface area contributed by atoms with Crippen molar-refractivity contribution < 1.29 is 30.7 Å². The van der Waals surface area contributed by atoms with Crippen LogP contribution >= 0.6 is 0 Å². The van der Waals surface area contributed by atoms with Crippen LogP contribution in [0.1, 0.15) is 6.92 Å². The zero-order valence-electron chi connectivity index (χ0n) is 16.5. The van der Waals surface area contributed by atoms with E-state index in [4.69, 9.17) is 4.74 Å². The second kappa shape index (κ2) is 9.34. The van der Waals surface area contributed by atoms with Crippen molar-refractivity contribution in [3.63, 3.8) is 0 Å². The number of nitrogens with zero attached hydrogens (tertiary/aromatic N) is 3. The summed E-state index contributed by atoms with van der Waals surface area (Å²) in [6.45, 7) is -0.132. The Balaban J connectivity index is 1.92. The molecule has 2 aromatic heterocycles. The molecule has 0 atom stereocenters. The number of benzene rings is 1. The molecule has 13 heteroatoms. The Bertz CT molecular complexity index is 1210. The molecule has 0 spiro atoms. The number of aromatic nitrogens is 3. The summed E-state index contributed by atoms with van der Waals surface area (Å²) in [5.41, 5.74) is -0.0579. The first kappa shape index (κ1) is 23.2. The van der Waals surface area contributed by atoms with E-state index in [1.165, 1.54) is 31.3 Å². The van der Waals surface area contributed by atoms with E-state index in [1.54, 1.807) is 0 Å². The number of anilines is 4. The van der Waals surface area contributed by atoms with E-state index >= 15 is 0 Å². The molecule has 0 aliphatic rings. The zero-order valence-corrected chi connectivity index (χ0v) is 17.3. The lowest BCUT2D eigenvalue weighted by atomic mass is 10.3. The lowest BCUT2D eigenvalue weighted by Crippen LogP contribution is -2.19. The van der Waals surface area contributed by atoms with Gasteiger partial charge in [0.2, 0.25) is 0 Å². The molecule has 0 saturated heterocycles. The summed E-state index contributed by atoms with van der Waals surface area (Å²) in [6, 6.07) is 7.38. The van der Waals surface area contributed by atoms with Gasteiger partial charge in [-0.2, -0.15) is 13.2 Å². The Labute approximate surface area is 180 Å². The topological polar surface area (TPSA) is 106 Å². The Hall–Kier alpha value is -3.48. The van der Waals surface area contributed by atoms with E-state index < -0.39 is 28.4 Å². The molecule has 0 fully saturated rings. The van der Waals surface area contributed by atoms with Crippen molar-refractivity contribution in [1.82, 2.24) is 15.0 Å². The third-order valence-electron chi connectivity index (χ3n) is 4.02. The summed E-state index contributed by atoms with van der Waals surface area (Å²) in [6.07, 6.45) is -2.10. The summed E-state index contributed by atoms with van der Waals surface area (Å²) in [5.74, 6) is -0.937. The largest absolute Gasteiger partial charge is 0.482 e. The van der Waals surface area contributed by atoms with Crippen molar-refractivity contribution >= 4 is 33.0 Å². The molecule has 32 heavy (non-hydrogen) atoms. The number of hydrogen-bond donors (Lipinski definition) is 2. The third kappa shape index (κ3) is 6.03. The fraction of sp³-hybridized carbons (Fsp3) is 0.211. The average Bonchev–Trinajstić information content (AvgIpc) is 2.74. The van der Waals surface area contributed by atoms with Gasteiger partial charge in [0.25, 0.3) is 0 Å². The summed E-state index contributed by atoms with van der Waals surface area (Å²) in [7, 11) is -3.64. The first-order chi connectivity index (χ1) is 15.1. The van der Waals surface area contributed by atoms with E-state index in [9.17, 15) is 26.0 Å². The van der Waals surface area contributed by atoms with Crippen LogP contribution in [0.15, 0.2) is 53.8 Å². The number of halogens is 4. The molecule has 3 rings (SSSR count). The SMILES string of the molecule is CCS(=O)(=O)c1ccc(OCC(F)(F)F)c(Nc2cc(Nc3ncccc3F)ncn2)c1. The van der Waals surface area contributed by atoms with E-state index in [0.29, 0.717) is 0 Å². The molecular formula is C19H17F4N5O3S. The van der Waals surface area contributed by atoms with Gasteiger partial charge in [-0.05, 0) is 30.3 Å². The number of alkyl halides is 3.